The molecule has 3 rings (SSSR count). The maximum Gasteiger partial charge on any atom is 0.252 e. The number of pyridine rings is 1. The smallest absolute Gasteiger partial charge is 0.252 e. The van der Waals surface area contributed by atoms with Gasteiger partial charge in [-0.15, -0.1) is 0 Å². The molecule has 2 amide bonds. The second-order valence-corrected chi connectivity index (χ2v) is 6.22. The van der Waals surface area contributed by atoms with Crippen molar-refractivity contribution in [3.8, 4) is 0 Å². The van der Waals surface area contributed by atoms with Crippen molar-refractivity contribution in [2.45, 2.75) is 25.3 Å². The van der Waals surface area contributed by atoms with E-state index in [1.807, 2.05) is 4.90 Å². The average molecular weight is 317 g/mol. The number of fused-ring (bicyclic) bond motifs is 1. The highest BCUT2D eigenvalue weighted by Gasteiger charge is 2.39. The quantitative estimate of drug-likeness (QED) is 0.810. The minimum atomic E-state index is -0.459. The van der Waals surface area contributed by atoms with E-state index in [0.29, 0.717) is 36.8 Å². The van der Waals surface area contributed by atoms with Gasteiger partial charge in [0, 0.05) is 44.8 Å². The third kappa shape index (κ3) is 3.01. The molecule has 7 nitrogen and oxygen atoms in total. The van der Waals surface area contributed by atoms with E-state index in [4.69, 9.17) is 11.5 Å². The molecule has 2 aliphatic heterocycles. The molecule has 124 valence electrons. The second-order valence-electron chi connectivity index (χ2n) is 6.22. The highest BCUT2D eigenvalue weighted by Crippen LogP contribution is 2.33. The standard InChI is InChI=1S/C16H23N5O2/c17-6-9-21-13-5-8-20(10-11(13)3-4-14(21)22)16-12(15(18)23)2-1-7-19-16/h1-2,7,11,13H,3-6,8-10,17H2,(H2,18,23)/t11-,13+/m0/s1. The van der Waals surface area contributed by atoms with Crippen LogP contribution in [-0.2, 0) is 4.79 Å². The van der Waals surface area contributed by atoms with Gasteiger partial charge in [0.05, 0.1) is 5.56 Å². The van der Waals surface area contributed by atoms with E-state index in [-0.39, 0.29) is 11.9 Å². The van der Waals surface area contributed by atoms with Gasteiger partial charge in [-0.25, -0.2) is 4.98 Å². The number of rotatable bonds is 4. The first-order chi connectivity index (χ1) is 11.1. The molecule has 4 N–H and O–H groups in total. The molecule has 1 aromatic rings. The molecule has 0 radical (unpaired) electrons. The van der Waals surface area contributed by atoms with Gasteiger partial charge in [-0.05, 0) is 30.9 Å². The molecule has 0 saturated carbocycles. The molecule has 2 atom stereocenters. The van der Waals surface area contributed by atoms with Gasteiger partial charge in [-0.1, -0.05) is 0 Å². The number of anilines is 1. The van der Waals surface area contributed by atoms with Crippen LogP contribution in [0.1, 0.15) is 29.6 Å². The zero-order chi connectivity index (χ0) is 16.4. The van der Waals surface area contributed by atoms with Gasteiger partial charge < -0.3 is 21.3 Å². The third-order valence-electron chi connectivity index (χ3n) is 4.87. The Labute approximate surface area is 135 Å². The Hall–Kier alpha value is -2.15. The van der Waals surface area contributed by atoms with Crippen molar-refractivity contribution in [2.24, 2.45) is 17.4 Å². The van der Waals surface area contributed by atoms with Crippen molar-refractivity contribution in [1.29, 1.82) is 0 Å². The SMILES string of the molecule is NCCN1C(=O)CC[C@H]2CN(c3ncccc3C(N)=O)CC[C@H]21. The number of amides is 2. The summed E-state index contributed by atoms with van der Waals surface area (Å²) >= 11 is 0. The number of carbonyl (C=O) groups excluding carboxylic acids is 2. The Balaban J connectivity index is 1.79. The number of likely N-dealkylation sites (tertiary alicyclic amines) is 1. The molecule has 0 bridgehead atoms. The predicted molar refractivity (Wildman–Crippen MR) is 86.9 cm³/mol. The maximum absolute atomic E-state index is 12.1. The number of hydrogen-bond donors (Lipinski definition) is 2. The molecule has 7 heteroatoms. The van der Waals surface area contributed by atoms with Crippen LogP contribution in [0.2, 0.25) is 0 Å². The van der Waals surface area contributed by atoms with Crippen LogP contribution in [0.3, 0.4) is 0 Å². The molecule has 2 saturated heterocycles. The van der Waals surface area contributed by atoms with Crippen LogP contribution in [0.4, 0.5) is 5.82 Å². The lowest BCUT2D eigenvalue weighted by Gasteiger charge is -2.47. The molecule has 3 heterocycles. The summed E-state index contributed by atoms with van der Waals surface area (Å²) in [6, 6.07) is 3.68. The van der Waals surface area contributed by atoms with Gasteiger partial charge in [0.2, 0.25) is 5.91 Å². The lowest BCUT2D eigenvalue weighted by molar-refractivity contribution is -0.139. The number of hydrogen-bond acceptors (Lipinski definition) is 5. The number of aromatic nitrogens is 1. The van der Waals surface area contributed by atoms with Gasteiger partial charge in [0.1, 0.15) is 5.82 Å². The number of carbonyl (C=O) groups is 2. The molecule has 0 aliphatic carbocycles. The molecular weight excluding hydrogens is 294 g/mol. The van der Waals surface area contributed by atoms with E-state index in [9.17, 15) is 9.59 Å². The summed E-state index contributed by atoms with van der Waals surface area (Å²) in [4.78, 5) is 32.2. The Bertz CT molecular complexity index is 606. The normalized spacial score (nSPS) is 24.5. The fourth-order valence-corrected chi connectivity index (χ4v) is 3.81. The summed E-state index contributed by atoms with van der Waals surface area (Å²) in [6.07, 6.45) is 3.99. The highest BCUT2D eigenvalue weighted by molar-refractivity contribution is 5.97. The highest BCUT2D eigenvalue weighted by atomic mass is 16.2. The van der Waals surface area contributed by atoms with Crippen molar-refractivity contribution in [1.82, 2.24) is 9.88 Å². The first-order valence-electron chi connectivity index (χ1n) is 8.11. The van der Waals surface area contributed by atoms with Gasteiger partial charge in [-0.3, -0.25) is 9.59 Å². The summed E-state index contributed by atoms with van der Waals surface area (Å²) in [5.41, 5.74) is 11.6. The fraction of sp³-hybridized carbons (Fsp3) is 0.562. The van der Waals surface area contributed by atoms with Crippen LogP contribution in [0.5, 0.6) is 0 Å². The number of nitrogens with zero attached hydrogens (tertiary/aromatic N) is 3. The molecule has 2 fully saturated rings. The van der Waals surface area contributed by atoms with E-state index in [1.54, 1.807) is 18.3 Å². The van der Waals surface area contributed by atoms with E-state index in [2.05, 4.69) is 9.88 Å². The molecular formula is C16H23N5O2. The zero-order valence-corrected chi connectivity index (χ0v) is 13.1. The van der Waals surface area contributed by atoms with Crippen molar-refractivity contribution in [3.05, 3.63) is 23.9 Å². The molecule has 0 spiro atoms. The van der Waals surface area contributed by atoms with Crippen LogP contribution < -0.4 is 16.4 Å². The topological polar surface area (TPSA) is 106 Å². The summed E-state index contributed by atoms with van der Waals surface area (Å²) in [7, 11) is 0. The Morgan fingerprint density at radius 2 is 2.22 bits per heavy atom. The van der Waals surface area contributed by atoms with Gasteiger partial charge in [0.25, 0.3) is 5.91 Å². The van der Waals surface area contributed by atoms with Crippen molar-refractivity contribution in [2.75, 3.05) is 31.1 Å². The Morgan fingerprint density at radius 3 is 2.96 bits per heavy atom. The summed E-state index contributed by atoms with van der Waals surface area (Å²) in [5.74, 6) is 0.788. The van der Waals surface area contributed by atoms with E-state index in [1.165, 1.54) is 0 Å². The predicted octanol–water partition coefficient (Wildman–Crippen LogP) is -0.0435. The largest absolute Gasteiger partial charge is 0.365 e. The molecule has 23 heavy (non-hydrogen) atoms. The average Bonchev–Trinajstić information content (AvgIpc) is 2.57. The van der Waals surface area contributed by atoms with Crippen molar-refractivity contribution < 1.29 is 9.59 Å². The van der Waals surface area contributed by atoms with E-state index < -0.39 is 5.91 Å². The maximum atomic E-state index is 12.1. The molecule has 2 aliphatic rings. The van der Waals surface area contributed by atoms with Crippen LogP contribution in [0.25, 0.3) is 0 Å². The summed E-state index contributed by atoms with van der Waals surface area (Å²) in [6.45, 7) is 2.66. The minimum absolute atomic E-state index is 0.209. The molecule has 1 aromatic heterocycles. The van der Waals surface area contributed by atoms with Crippen LogP contribution in [0.15, 0.2) is 18.3 Å². The number of primary amides is 1. The van der Waals surface area contributed by atoms with E-state index in [0.717, 1.165) is 25.9 Å². The second kappa shape index (κ2) is 6.54. The lowest BCUT2D eigenvalue weighted by atomic mass is 9.83. The number of piperidine rings is 2. The minimum Gasteiger partial charge on any atom is -0.365 e. The van der Waals surface area contributed by atoms with Gasteiger partial charge in [-0.2, -0.15) is 0 Å². The van der Waals surface area contributed by atoms with Crippen LogP contribution in [0, 0.1) is 5.92 Å². The first-order valence-corrected chi connectivity index (χ1v) is 8.11. The summed E-state index contributed by atoms with van der Waals surface area (Å²) < 4.78 is 0. The van der Waals surface area contributed by atoms with Crippen LogP contribution >= 0.6 is 0 Å². The number of nitrogens with two attached hydrogens (primary N) is 2. The fourth-order valence-electron chi connectivity index (χ4n) is 3.81. The van der Waals surface area contributed by atoms with E-state index >= 15 is 0 Å². The molecule has 0 aromatic carbocycles. The summed E-state index contributed by atoms with van der Waals surface area (Å²) in [5, 5.41) is 0. The van der Waals surface area contributed by atoms with Crippen molar-refractivity contribution in [3.63, 3.8) is 0 Å². The van der Waals surface area contributed by atoms with Crippen molar-refractivity contribution >= 4 is 17.6 Å². The molecule has 0 unspecified atom stereocenters. The van der Waals surface area contributed by atoms with Gasteiger partial charge >= 0.3 is 0 Å². The first kappa shape index (κ1) is 15.7. The van der Waals surface area contributed by atoms with Crippen LogP contribution in [-0.4, -0.2) is 53.9 Å². The van der Waals surface area contributed by atoms with Gasteiger partial charge in [0.15, 0.2) is 0 Å². The monoisotopic (exact) mass is 317 g/mol. The third-order valence-corrected chi connectivity index (χ3v) is 4.87. The Kier molecular flexibility index (Phi) is 4.47. The lowest BCUT2D eigenvalue weighted by Crippen LogP contribution is -2.57. The Morgan fingerprint density at radius 1 is 1.39 bits per heavy atom. The zero-order valence-electron chi connectivity index (χ0n) is 13.1.